The molecule has 0 radical (unpaired) electrons. The Morgan fingerprint density at radius 2 is 1.77 bits per heavy atom. The predicted octanol–water partition coefficient (Wildman–Crippen LogP) is 4.66. The molecule has 2 aromatic carbocycles. The lowest BCUT2D eigenvalue weighted by Crippen LogP contribution is -2.45. The number of nitrogens with zero attached hydrogens (tertiary/aromatic N) is 1. The van der Waals surface area contributed by atoms with Crippen molar-refractivity contribution >= 4 is 23.4 Å². The van der Waals surface area contributed by atoms with Crippen molar-refractivity contribution in [2.75, 3.05) is 20.2 Å². The summed E-state index contributed by atoms with van der Waals surface area (Å²) in [6, 6.07) is 15.8. The van der Waals surface area contributed by atoms with Crippen LogP contribution in [-0.2, 0) is 27.3 Å². The molecule has 1 saturated heterocycles. The molecule has 31 heavy (non-hydrogen) atoms. The number of aliphatic hydroxyl groups excluding tert-OH is 1. The lowest BCUT2D eigenvalue weighted by molar-refractivity contribution is -0.139. The van der Waals surface area contributed by atoms with E-state index in [0.717, 1.165) is 31.3 Å². The highest BCUT2D eigenvalue weighted by Crippen LogP contribution is 2.37. The molecule has 3 rings (SSSR count). The van der Waals surface area contributed by atoms with Crippen LogP contribution in [0, 0.1) is 12.3 Å². The van der Waals surface area contributed by atoms with Gasteiger partial charge in [0.25, 0.3) is 0 Å². The molecule has 0 amide bonds. The molecule has 0 saturated carbocycles. The quantitative estimate of drug-likeness (QED) is 0.384. The predicted molar refractivity (Wildman–Crippen MR) is 121 cm³/mol. The Morgan fingerprint density at radius 3 is 2.39 bits per heavy atom. The number of likely N-dealkylation sites (tertiary alicyclic amines) is 1. The van der Waals surface area contributed by atoms with E-state index in [2.05, 4.69) is 28.7 Å². The molecule has 1 heterocycles. The van der Waals surface area contributed by atoms with Crippen LogP contribution in [0.25, 0.3) is 0 Å². The van der Waals surface area contributed by atoms with E-state index in [-0.39, 0.29) is 5.78 Å². The number of halogens is 1. The number of benzene rings is 2. The number of aryl methyl sites for hydroxylation is 1. The highest BCUT2D eigenvalue weighted by atomic mass is 35.5. The third kappa shape index (κ3) is 5.75. The highest BCUT2D eigenvalue weighted by Gasteiger charge is 2.40. The van der Waals surface area contributed by atoms with Gasteiger partial charge in [-0.1, -0.05) is 48.0 Å². The second-order valence-electron chi connectivity index (χ2n) is 8.17. The number of methoxy groups -OCH3 is 1. The van der Waals surface area contributed by atoms with Crippen molar-refractivity contribution in [1.29, 1.82) is 0 Å². The van der Waals surface area contributed by atoms with Crippen molar-refractivity contribution in [3.05, 3.63) is 82.1 Å². The van der Waals surface area contributed by atoms with Crippen LogP contribution in [0.15, 0.2) is 60.4 Å². The van der Waals surface area contributed by atoms with Gasteiger partial charge in [0.2, 0.25) is 5.76 Å². The molecule has 6 heteroatoms. The highest BCUT2D eigenvalue weighted by molar-refractivity contribution is 6.30. The lowest BCUT2D eigenvalue weighted by Gasteiger charge is -2.40. The lowest BCUT2D eigenvalue weighted by atomic mass is 9.70. The van der Waals surface area contributed by atoms with Gasteiger partial charge in [0.1, 0.15) is 0 Å². The molecule has 1 fully saturated rings. The zero-order valence-electron chi connectivity index (χ0n) is 17.9. The summed E-state index contributed by atoms with van der Waals surface area (Å²) < 4.78 is 4.53. The summed E-state index contributed by atoms with van der Waals surface area (Å²) in [6.45, 7) is 4.44. The molecule has 0 atom stereocenters. The summed E-state index contributed by atoms with van der Waals surface area (Å²) in [7, 11) is 1.17. The molecule has 0 spiro atoms. The van der Waals surface area contributed by atoms with E-state index in [9.17, 15) is 14.7 Å². The number of ketones is 1. The Labute approximate surface area is 188 Å². The van der Waals surface area contributed by atoms with Crippen molar-refractivity contribution in [2.24, 2.45) is 5.41 Å². The van der Waals surface area contributed by atoms with Crippen LogP contribution in [0.4, 0.5) is 0 Å². The van der Waals surface area contributed by atoms with Crippen LogP contribution < -0.4 is 0 Å². The first-order valence-corrected chi connectivity index (χ1v) is 10.8. The SMILES string of the molecule is COC(=O)/C(O)=C/C(=O)C1(Cc2ccc(Cl)cc2)CCN(Cc2ccccc2C)CC1. The molecule has 0 aliphatic carbocycles. The van der Waals surface area contributed by atoms with E-state index in [1.54, 1.807) is 0 Å². The molecular weight excluding hydrogens is 414 g/mol. The van der Waals surface area contributed by atoms with Crippen molar-refractivity contribution < 1.29 is 19.4 Å². The summed E-state index contributed by atoms with van der Waals surface area (Å²) in [5.74, 6) is -1.82. The summed E-state index contributed by atoms with van der Waals surface area (Å²) in [6.07, 6.45) is 2.81. The molecule has 5 nitrogen and oxygen atoms in total. The van der Waals surface area contributed by atoms with Crippen LogP contribution in [0.2, 0.25) is 5.02 Å². The van der Waals surface area contributed by atoms with Gasteiger partial charge >= 0.3 is 5.97 Å². The number of allylic oxidation sites excluding steroid dienone is 1. The second kappa shape index (κ2) is 10.1. The average molecular weight is 442 g/mol. The van der Waals surface area contributed by atoms with E-state index in [0.29, 0.717) is 24.3 Å². The minimum atomic E-state index is -0.910. The number of carbonyl (C=O) groups excluding carboxylic acids is 2. The van der Waals surface area contributed by atoms with Crippen LogP contribution in [0.3, 0.4) is 0 Å². The zero-order valence-corrected chi connectivity index (χ0v) is 18.7. The van der Waals surface area contributed by atoms with E-state index in [4.69, 9.17) is 11.6 Å². The maximum absolute atomic E-state index is 13.3. The number of piperidine rings is 1. The Bertz CT molecular complexity index is 960. The van der Waals surface area contributed by atoms with Gasteiger partial charge in [0.15, 0.2) is 5.78 Å². The fourth-order valence-electron chi connectivity index (χ4n) is 4.11. The summed E-state index contributed by atoms with van der Waals surface area (Å²) >= 11 is 6.01. The maximum Gasteiger partial charge on any atom is 0.373 e. The number of aliphatic hydroxyl groups is 1. The fraction of sp³-hybridized carbons (Fsp3) is 0.360. The van der Waals surface area contributed by atoms with Crippen LogP contribution in [-0.4, -0.2) is 42.0 Å². The third-order valence-electron chi connectivity index (χ3n) is 6.11. The van der Waals surface area contributed by atoms with E-state index >= 15 is 0 Å². The molecule has 0 aromatic heterocycles. The molecule has 0 bridgehead atoms. The number of esters is 1. The van der Waals surface area contributed by atoms with Gasteiger partial charge in [0, 0.05) is 23.1 Å². The zero-order chi connectivity index (χ0) is 22.4. The summed E-state index contributed by atoms with van der Waals surface area (Å²) in [5, 5.41) is 10.6. The first kappa shape index (κ1) is 23.0. The molecule has 1 aliphatic rings. The standard InChI is InChI=1S/C25H28ClNO4/c1-18-5-3-4-6-20(18)17-27-13-11-25(12-14-27,16-19-7-9-21(26)10-8-19)23(29)15-22(28)24(30)31-2/h3-10,15,28H,11-14,16-17H2,1-2H3/b22-15-. The normalized spacial score (nSPS) is 16.7. The number of hydrogen-bond acceptors (Lipinski definition) is 5. The minimum absolute atomic E-state index is 0.249. The second-order valence-corrected chi connectivity index (χ2v) is 8.61. The fourth-order valence-corrected chi connectivity index (χ4v) is 4.24. The van der Waals surface area contributed by atoms with Gasteiger partial charge in [-0.3, -0.25) is 9.69 Å². The Kier molecular flexibility index (Phi) is 7.52. The van der Waals surface area contributed by atoms with E-state index < -0.39 is 17.1 Å². The van der Waals surface area contributed by atoms with Gasteiger partial charge in [0.05, 0.1) is 7.11 Å². The third-order valence-corrected chi connectivity index (χ3v) is 6.36. The molecule has 1 aliphatic heterocycles. The largest absolute Gasteiger partial charge is 0.502 e. The Balaban J connectivity index is 1.80. The molecule has 2 aromatic rings. The van der Waals surface area contributed by atoms with Gasteiger partial charge < -0.3 is 9.84 Å². The molecule has 0 unspecified atom stereocenters. The molecular formula is C25H28ClNO4. The topological polar surface area (TPSA) is 66.8 Å². The summed E-state index contributed by atoms with van der Waals surface area (Å²) in [4.78, 5) is 27.2. The smallest absolute Gasteiger partial charge is 0.373 e. The van der Waals surface area contributed by atoms with Gasteiger partial charge in [-0.2, -0.15) is 0 Å². The minimum Gasteiger partial charge on any atom is -0.502 e. The number of hydrogen-bond donors (Lipinski definition) is 1. The van der Waals surface area contributed by atoms with Crippen molar-refractivity contribution in [3.8, 4) is 0 Å². The average Bonchev–Trinajstić information content (AvgIpc) is 2.77. The van der Waals surface area contributed by atoms with Crippen molar-refractivity contribution in [1.82, 2.24) is 4.90 Å². The number of ether oxygens (including phenoxy) is 1. The first-order valence-electron chi connectivity index (χ1n) is 10.4. The molecule has 164 valence electrons. The van der Waals surface area contributed by atoms with Gasteiger partial charge in [-0.25, -0.2) is 4.79 Å². The van der Waals surface area contributed by atoms with Gasteiger partial charge in [-0.15, -0.1) is 0 Å². The Morgan fingerprint density at radius 1 is 1.13 bits per heavy atom. The van der Waals surface area contributed by atoms with Crippen molar-refractivity contribution in [2.45, 2.75) is 32.7 Å². The van der Waals surface area contributed by atoms with Crippen LogP contribution in [0.5, 0.6) is 0 Å². The van der Waals surface area contributed by atoms with Crippen LogP contribution in [0.1, 0.15) is 29.5 Å². The monoisotopic (exact) mass is 441 g/mol. The molecule has 1 N–H and O–H groups in total. The van der Waals surface area contributed by atoms with Gasteiger partial charge in [-0.05, 0) is 68.1 Å². The van der Waals surface area contributed by atoms with E-state index in [1.165, 1.54) is 18.2 Å². The Hall–Kier alpha value is -2.63. The van der Waals surface area contributed by atoms with Crippen LogP contribution >= 0.6 is 11.6 Å². The first-order chi connectivity index (χ1) is 14.8. The number of rotatable bonds is 7. The summed E-state index contributed by atoms with van der Waals surface area (Å²) in [5.41, 5.74) is 2.83. The maximum atomic E-state index is 13.3. The van der Waals surface area contributed by atoms with Crippen molar-refractivity contribution in [3.63, 3.8) is 0 Å². The number of carbonyl (C=O) groups is 2. The van der Waals surface area contributed by atoms with E-state index in [1.807, 2.05) is 36.4 Å².